The molecule has 30 heavy (non-hydrogen) atoms. The molecule has 2 heterocycles. The Hall–Kier alpha value is -3.05. The quantitative estimate of drug-likeness (QED) is 0.719. The van der Waals surface area contributed by atoms with Crippen LogP contribution in [0.1, 0.15) is 60.8 Å². The summed E-state index contributed by atoms with van der Waals surface area (Å²) >= 11 is 0. The molecule has 0 aliphatic carbocycles. The van der Waals surface area contributed by atoms with Gasteiger partial charge >= 0.3 is 0 Å². The third-order valence-corrected chi connectivity index (χ3v) is 5.39. The van der Waals surface area contributed by atoms with Gasteiger partial charge in [-0.15, -0.1) is 0 Å². The molecule has 2 aromatic carbocycles. The van der Waals surface area contributed by atoms with Gasteiger partial charge in [0.2, 0.25) is 0 Å². The van der Waals surface area contributed by atoms with Crippen molar-refractivity contribution in [1.29, 1.82) is 0 Å². The van der Waals surface area contributed by atoms with Crippen molar-refractivity contribution in [1.82, 2.24) is 0 Å². The van der Waals surface area contributed by atoms with Crippen LogP contribution >= 0.6 is 0 Å². The molecule has 0 aromatic heterocycles. The Balaban J connectivity index is 1.88. The van der Waals surface area contributed by atoms with Crippen LogP contribution in [0.25, 0.3) is 6.08 Å². The van der Waals surface area contributed by atoms with Crippen molar-refractivity contribution in [2.75, 3.05) is 0 Å². The fourth-order valence-electron chi connectivity index (χ4n) is 3.77. The number of ether oxygens (including phenoxy) is 2. The van der Waals surface area contributed by atoms with Crippen LogP contribution in [0.2, 0.25) is 0 Å². The van der Waals surface area contributed by atoms with Crippen LogP contribution in [0.15, 0.2) is 48.1 Å². The number of hydrogen-bond donors (Lipinski definition) is 2. The van der Waals surface area contributed by atoms with E-state index in [2.05, 4.69) is 6.08 Å². The van der Waals surface area contributed by atoms with Crippen molar-refractivity contribution in [2.45, 2.75) is 51.9 Å². The molecule has 156 valence electrons. The Bertz CT molecular complexity index is 1060. The van der Waals surface area contributed by atoms with E-state index in [1.165, 1.54) is 12.1 Å². The lowest BCUT2D eigenvalue weighted by Crippen LogP contribution is -2.37. The second-order valence-electron chi connectivity index (χ2n) is 8.61. The highest BCUT2D eigenvalue weighted by Crippen LogP contribution is 2.46. The fourth-order valence-corrected chi connectivity index (χ4v) is 3.77. The second-order valence-corrected chi connectivity index (χ2v) is 8.61. The molecule has 0 unspecified atom stereocenters. The molecule has 0 amide bonds. The van der Waals surface area contributed by atoms with Gasteiger partial charge in [-0.2, -0.15) is 0 Å². The van der Waals surface area contributed by atoms with E-state index in [4.69, 9.17) is 9.47 Å². The van der Waals surface area contributed by atoms with Gasteiger partial charge < -0.3 is 19.7 Å². The average Bonchev–Trinajstić information content (AvgIpc) is 2.68. The van der Waals surface area contributed by atoms with Gasteiger partial charge in [0.15, 0.2) is 18.0 Å². The highest BCUT2D eigenvalue weighted by Gasteiger charge is 2.40. The van der Waals surface area contributed by atoms with Crippen LogP contribution in [0.5, 0.6) is 17.2 Å². The van der Waals surface area contributed by atoms with Crippen molar-refractivity contribution in [3.8, 4) is 17.2 Å². The van der Waals surface area contributed by atoms with Crippen LogP contribution in [0.4, 0.5) is 0 Å². The van der Waals surface area contributed by atoms with E-state index in [9.17, 15) is 15.0 Å². The van der Waals surface area contributed by atoms with Gasteiger partial charge in [0.05, 0.1) is 5.56 Å². The molecule has 2 atom stereocenters. The summed E-state index contributed by atoms with van der Waals surface area (Å²) in [5.41, 5.74) is 3.25. The summed E-state index contributed by atoms with van der Waals surface area (Å²) in [6.07, 6.45) is 4.33. The van der Waals surface area contributed by atoms with Gasteiger partial charge in [-0.3, -0.25) is 4.79 Å². The minimum atomic E-state index is -1.33. The molecule has 0 radical (unpaired) electrons. The molecule has 2 aliphatic rings. The van der Waals surface area contributed by atoms with E-state index in [0.717, 1.165) is 16.7 Å². The number of carbonyl (C=O) groups excluding carboxylic acids is 1. The van der Waals surface area contributed by atoms with Crippen molar-refractivity contribution in [2.24, 2.45) is 0 Å². The Morgan fingerprint density at radius 2 is 1.87 bits per heavy atom. The average molecular weight is 406 g/mol. The van der Waals surface area contributed by atoms with E-state index in [1.807, 2.05) is 39.8 Å². The molecular weight excluding hydrogens is 380 g/mol. The number of aliphatic hydroxyl groups is 1. The molecule has 4 rings (SSSR count). The van der Waals surface area contributed by atoms with Crippen molar-refractivity contribution in [3.05, 3.63) is 70.3 Å². The topological polar surface area (TPSA) is 76.0 Å². The van der Waals surface area contributed by atoms with E-state index in [0.29, 0.717) is 29.0 Å². The van der Waals surface area contributed by atoms with Gasteiger partial charge in [0, 0.05) is 11.1 Å². The number of hydrogen-bond acceptors (Lipinski definition) is 5. The fraction of sp³-hybridized carbons (Fsp3) is 0.320. The third-order valence-electron chi connectivity index (χ3n) is 5.39. The molecule has 5 nitrogen and oxygen atoms in total. The van der Waals surface area contributed by atoms with Crippen LogP contribution in [-0.4, -0.2) is 27.7 Å². The number of aromatic hydroxyl groups is 1. The van der Waals surface area contributed by atoms with E-state index in [1.54, 1.807) is 18.2 Å². The van der Waals surface area contributed by atoms with Crippen molar-refractivity contribution in [3.63, 3.8) is 0 Å². The van der Waals surface area contributed by atoms with E-state index < -0.39 is 17.8 Å². The van der Waals surface area contributed by atoms with Crippen molar-refractivity contribution >= 4 is 11.9 Å². The zero-order valence-corrected chi connectivity index (χ0v) is 17.6. The first-order valence-electron chi connectivity index (χ1n) is 10.1. The number of rotatable bonds is 3. The van der Waals surface area contributed by atoms with Gasteiger partial charge in [-0.05, 0) is 64.0 Å². The summed E-state index contributed by atoms with van der Waals surface area (Å²) < 4.78 is 12.5. The molecule has 5 heteroatoms. The summed E-state index contributed by atoms with van der Waals surface area (Å²) in [5, 5.41) is 20.3. The summed E-state index contributed by atoms with van der Waals surface area (Å²) in [7, 11) is 0. The van der Waals surface area contributed by atoms with Gasteiger partial charge in [-0.25, -0.2) is 0 Å². The predicted molar refractivity (Wildman–Crippen MR) is 115 cm³/mol. The first-order chi connectivity index (χ1) is 14.2. The summed E-state index contributed by atoms with van der Waals surface area (Å²) in [5.74, 6) is 0.878. The maximum absolute atomic E-state index is 13.1. The molecule has 0 fully saturated rings. The zero-order valence-electron chi connectivity index (χ0n) is 17.6. The molecule has 2 N–H and O–H groups in total. The van der Waals surface area contributed by atoms with Crippen LogP contribution < -0.4 is 9.47 Å². The molecule has 0 saturated heterocycles. The number of aliphatic hydroxyl groups excluding tert-OH is 1. The molecule has 2 aromatic rings. The lowest BCUT2D eigenvalue weighted by atomic mass is 9.88. The smallest absolute Gasteiger partial charge is 0.199 e. The second kappa shape index (κ2) is 7.33. The molecule has 0 spiro atoms. The standard InChI is InChI=1S/C25H26O5/c1-14(2)5-10-18-22-16(11-12-25(3,4)30-22)13-19-20(27)21(28)23(29-24(18)19)15-6-8-17(26)9-7-15/h5-9,11-13,21,23,26,28H,10H2,1-4H3/t21-,23+/m0/s1. The van der Waals surface area contributed by atoms with Crippen LogP contribution in [0.3, 0.4) is 0 Å². The maximum Gasteiger partial charge on any atom is 0.199 e. The lowest BCUT2D eigenvalue weighted by molar-refractivity contribution is 0.0209. The van der Waals surface area contributed by atoms with Gasteiger partial charge in [0.1, 0.15) is 22.8 Å². The molecule has 0 bridgehead atoms. The number of Topliss-reactive ketones (excluding diaryl/α,β-unsaturated/α-hetero) is 1. The first kappa shape index (κ1) is 20.2. The van der Waals surface area contributed by atoms with Crippen molar-refractivity contribution < 1.29 is 24.5 Å². The van der Waals surface area contributed by atoms with Gasteiger partial charge in [0.25, 0.3) is 0 Å². The summed E-state index contributed by atoms with van der Waals surface area (Å²) in [6, 6.07) is 8.06. The third kappa shape index (κ3) is 3.61. The number of phenolic OH excluding ortho intramolecular Hbond substituents is 1. The number of fused-ring (bicyclic) bond motifs is 2. The number of ketones is 1. The first-order valence-corrected chi connectivity index (χ1v) is 10.1. The molecule has 2 aliphatic heterocycles. The van der Waals surface area contributed by atoms with E-state index >= 15 is 0 Å². The maximum atomic E-state index is 13.1. The monoisotopic (exact) mass is 406 g/mol. The molecular formula is C25H26O5. The Morgan fingerprint density at radius 3 is 2.53 bits per heavy atom. The highest BCUT2D eigenvalue weighted by atomic mass is 16.5. The number of allylic oxidation sites excluding steroid dienone is 2. The van der Waals surface area contributed by atoms with Crippen LogP contribution in [0, 0.1) is 0 Å². The van der Waals surface area contributed by atoms with Gasteiger partial charge in [-0.1, -0.05) is 29.9 Å². The SMILES string of the molecule is CC(C)=CCc1c2c(cc3c1O[C@H](c1ccc(O)cc1)[C@@H](O)C3=O)C=CC(C)(C)O2. The Labute approximate surface area is 176 Å². The number of phenols is 1. The molecule has 0 saturated carbocycles. The normalized spacial score (nSPS) is 21.2. The van der Waals surface area contributed by atoms with E-state index in [-0.39, 0.29) is 11.5 Å². The largest absolute Gasteiger partial charge is 0.508 e. The minimum absolute atomic E-state index is 0.108. The highest BCUT2D eigenvalue weighted by molar-refractivity contribution is 6.04. The number of carbonyl (C=O) groups is 1. The Morgan fingerprint density at radius 1 is 1.17 bits per heavy atom. The predicted octanol–water partition coefficient (Wildman–Crippen LogP) is 4.76. The van der Waals surface area contributed by atoms with Crippen LogP contribution in [-0.2, 0) is 6.42 Å². The lowest BCUT2D eigenvalue weighted by Gasteiger charge is -2.35. The number of benzene rings is 2. The zero-order chi connectivity index (χ0) is 21.6. The summed E-state index contributed by atoms with van der Waals surface area (Å²) in [6.45, 7) is 7.99. The summed E-state index contributed by atoms with van der Waals surface area (Å²) in [4.78, 5) is 13.1. The minimum Gasteiger partial charge on any atom is -0.508 e. The Kier molecular flexibility index (Phi) is 4.94.